The monoisotopic (exact) mass is 392 g/mol. The van der Waals surface area contributed by atoms with E-state index in [9.17, 15) is 0 Å². The van der Waals surface area contributed by atoms with Crippen LogP contribution in [0.4, 0.5) is 5.82 Å². The predicted octanol–water partition coefficient (Wildman–Crippen LogP) is 4.51. The van der Waals surface area contributed by atoms with Crippen LogP contribution >= 0.6 is 34.8 Å². The van der Waals surface area contributed by atoms with E-state index in [1.54, 1.807) is 0 Å². The van der Waals surface area contributed by atoms with Gasteiger partial charge in [0.25, 0.3) is 0 Å². The SMILES string of the molecule is Clc1nc2ccccc2nc1Cl.NNc1nc2ccccc2nc1Cl. The molecular weight excluding hydrogens is 383 g/mol. The molecule has 0 radical (unpaired) electrons. The van der Waals surface area contributed by atoms with Crippen molar-refractivity contribution in [1.82, 2.24) is 19.9 Å². The fraction of sp³-hybridized carbons (Fsp3) is 0. The van der Waals surface area contributed by atoms with Crippen molar-refractivity contribution >= 4 is 62.7 Å². The molecule has 3 N–H and O–H groups in total. The Morgan fingerprint density at radius 2 is 0.960 bits per heavy atom. The molecule has 2 heterocycles. The van der Waals surface area contributed by atoms with Crippen molar-refractivity contribution in [2.24, 2.45) is 5.84 Å². The Morgan fingerprint density at radius 3 is 1.36 bits per heavy atom. The second-order valence-electron chi connectivity index (χ2n) is 4.79. The first-order valence-corrected chi connectivity index (χ1v) is 8.18. The molecule has 0 amide bonds. The number of benzene rings is 2. The summed E-state index contributed by atoms with van der Waals surface area (Å²) in [5.41, 5.74) is 5.41. The third-order valence-corrected chi connectivity index (χ3v) is 4.04. The van der Waals surface area contributed by atoms with E-state index in [-0.39, 0.29) is 15.5 Å². The minimum absolute atomic E-state index is 0.246. The fourth-order valence-corrected chi connectivity index (χ4v) is 2.48. The number of nitrogen functional groups attached to an aromatic ring is 1. The molecule has 0 spiro atoms. The topological polar surface area (TPSA) is 89.6 Å². The van der Waals surface area contributed by atoms with Crippen molar-refractivity contribution in [3.8, 4) is 0 Å². The maximum Gasteiger partial charge on any atom is 0.178 e. The molecule has 0 aliphatic heterocycles. The summed E-state index contributed by atoms with van der Waals surface area (Å²) in [4.78, 5) is 16.4. The summed E-state index contributed by atoms with van der Waals surface area (Å²) in [6.07, 6.45) is 0. The number of nitrogens with zero attached hydrogens (tertiary/aromatic N) is 4. The molecule has 0 saturated heterocycles. The van der Waals surface area contributed by atoms with E-state index in [2.05, 4.69) is 25.4 Å². The smallest absolute Gasteiger partial charge is 0.178 e. The molecule has 0 aliphatic rings. The maximum absolute atomic E-state index is 5.79. The van der Waals surface area contributed by atoms with E-state index in [0.29, 0.717) is 5.82 Å². The van der Waals surface area contributed by atoms with Gasteiger partial charge in [-0.1, -0.05) is 59.1 Å². The second kappa shape index (κ2) is 7.76. The van der Waals surface area contributed by atoms with E-state index in [1.165, 1.54) is 0 Å². The van der Waals surface area contributed by atoms with Crippen LogP contribution in [0.5, 0.6) is 0 Å². The largest absolute Gasteiger partial charge is 0.306 e. The van der Waals surface area contributed by atoms with Crippen molar-refractivity contribution in [3.63, 3.8) is 0 Å². The highest BCUT2D eigenvalue weighted by Crippen LogP contribution is 2.20. The third-order valence-electron chi connectivity index (χ3n) is 3.15. The van der Waals surface area contributed by atoms with E-state index in [4.69, 9.17) is 40.6 Å². The number of nitrogens with one attached hydrogen (secondary N) is 1. The number of nitrogens with two attached hydrogens (primary N) is 1. The van der Waals surface area contributed by atoms with Gasteiger partial charge in [-0.15, -0.1) is 0 Å². The van der Waals surface area contributed by atoms with Gasteiger partial charge in [-0.05, 0) is 24.3 Å². The van der Waals surface area contributed by atoms with Gasteiger partial charge in [0.1, 0.15) is 0 Å². The first-order chi connectivity index (χ1) is 12.1. The highest BCUT2D eigenvalue weighted by molar-refractivity contribution is 6.40. The van der Waals surface area contributed by atoms with Crippen LogP contribution in [0.15, 0.2) is 48.5 Å². The summed E-state index contributed by atoms with van der Waals surface area (Å²) >= 11 is 17.2. The van der Waals surface area contributed by atoms with Gasteiger partial charge in [-0.2, -0.15) is 0 Å². The standard InChI is InChI=1S/C8H4Cl2N2.C8H7ClN4/c9-7-8(10)12-6-4-2-1-3-5(6)11-7;9-7-8(13-10)12-6-4-2-1-3-5(6)11-7/h1-4H;1-4H,10H2,(H,12,13). The number of hydrogen-bond donors (Lipinski definition) is 2. The van der Waals surface area contributed by atoms with Gasteiger partial charge in [0.15, 0.2) is 21.3 Å². The molecule has 4 rings (SSSR count). The number of aromatic nitrogens is 4. The molecule has 0 unspecified atom stereocenters. The Balaban J connectivity index is 0.000000146. The lowest BCUT2D eigenvalue weighted by atomic mass is 10.3. The van der Waals surface area contributed by atoms with Crippen LogP contribution in [-0.2, 0) is 0 Å². The van der Waals surface area contributed by atoms with Gasteiger partial charge < -0.3 is 5.43 Å². The Hall–Kier alpha value is -2.25. The summed E-state index contributed by atoms with van der Waals surface area (Å²) in [6, 6.07) is 14.9. The quantitative estimate of drug-likeness (QED) is 0.365. The summed E-state index contributed by atoms with van der Waals surface area (Å²) in [5, 5.41) is 0.770. The molecular formula is C16H11Cl3N6. The average Bonchev–Trinajstić information content (AvgIpc) is 2.62. The molecule has 126 valence electrons. The zero-order valence-electron chi connectivity index (χ0n) is 12.6. The molecule has 4 aromatic rings. The lowest BCUT2D eigenvalue weighted by Crippen LogP contribution is -2.09. The van der Waals surface area contributed by atoms with Crippen LogP contribution in [0.3, 0.4) is 0 Å². The van der Waals surface area contributed by atoms with Crippen molar-refractivity contribution in [2.45, 2.75) is 0 Å². The van der Waals surface area contributed by atoms with Gasteiger partial charge in [0, 0.05) is 0 Å². The number of anilines is 1. The number of hydrazine groups is 1. The second-order valence-corrected chi connectivity index (χ2v) is 5.86. The van der Waals surface area contributed by atoms with Gasteiger partial charge in [0.05, 0.1) is 22.1 Å². The fourth-order valence-electron chi connectivity index (χ4n) is 2.03. The molecule has 0 aliphatic carbocycles. The van der Waals surface area contributed by atoms with Crippen LogP contribution in [0.1, 0.15) is 0 Å². The van der Waals surface area contributed by atoms with Crippen LogP contribution in [-0.4, -0.2) is 19.9 Å². The molecule has 2 aromatic heterocycles. The van der Waals surface area contributed by atoms with Gasteiger partial charge in [0.2, 0.25) is 0 Å². The van der Waals surface area contributed by atoms with Crippen molar-refractivity contribution in [3.05, 3.63) is 64.0 Å². The van der Waals surface area contributed by atoms with Crippen LogP contribution < -0.4 is 11.3 Å². The molecule has 25 heavy (non-hydrogen) atoms. The van der Waals surface area contributed by atoms with E-state index < -0.39 is 0 Å². The summed E-state index contributed by atoms with van der Waals surface area (Å²) in [6.45, 7) is 0. The third kappa shape index (κ3) is 4.05. The van der Waals surface area contributed by atoms with Crippen LogP contribution in [0.25, 0.3) is 22.1 Å². The van der Waals surface area contributed by atoms with Gasteiger partial charge >= 0.3 is 0 Å². The Labute approximate surface area is 158 Å². The Morgan fingerprint density at radius 1 is 0.600 bits per heavy atom. The number of hydrogen-bond acceptors (Lipinski definition) is 6. The summed E-state index contributed by atoms with van der Waals surface area (Å²) < 4.78 is 0. The average molecular weight is 394 g/mol. The summed E-state index contributed by atoms with van der Waals surface area (Å²) in [5.74, 6) is 5.59. The van der Waals surface area contributed by atoms with E-state index >= 15 is 0 Å². The maximum atomic E-state index is 5.79. The Kier molecular flexibility index (Phi) is 5.45. The van der Waals surface area contributed by atoms with Crippen LogP contribution in [0.2, 0.25) is 15.5 Å². The highest BCUT2D eigenvalue weighted by Gasteiger charge is 2.04. The van der Waals surface area contributed by atoms with E-state index in [0.717, 1.165) is 22.1 Å². The van der Waals surface area contributed by atoms with Gasteiger partial charge in [-0.25, -0.2) is 25.8 Å². The number of rotatable bonds is 1. The van der Waals surface area contributed by atoms with Crippen LogP contribution in [0, 0.1) is 0 Å². The normalized spacial score (nSPS) is 10.4. The zero-order chi connectivity index (χ0) is 17.8. The van der Waals surface area contributed by atoms with Crippen molar-refractivity contribution in [1.29, 1.82) is 0 Å². The van der Waals surface area contributed by atoms with Crippen molar-refractivity contribution in [2.75, 3.05) is 5.43 Å². The van der Waals surface area contributed by atoms with Crippen molar-refractivity contribution < 1.29 is 0 Å². The predicted molar refractivity (Wildman–Crippen MR) is 102 cm³/mol. The highest BCUT2D eigenvalue weighted by atomic mass is 35.5. The molecule has 2 aromatic carbocycles. The first-order valence-electron chi connectivity index (χ1n) is 7.05. The molecule has 0 bridgehead atoms. The van der Waals surface area contributed by atoms with E-state index in [1.807, 2.05) is 48.5 Å². The summed E-state index contributed by atoms with van der Waals surface area (Å²) in [7, 11) is 0. The molecule has 6 nitrogen and oxygen atoms in total. The Bertz CT molecular complexity index is 1000. The minimum atomic E-state index is 0.246. The minimum Gasteiger partial charge on any atom is -0.306 e. The molecule has 0 saturated carbocycles. The molecule has 0 fully saturated rings. The first kappa shape index (κ1) is 17.6. The zero-order valence-corrected chi connectivity index (χ0v) is 14.9. The van der Waals surface area contributed by atoms with Gasteiger partial charge in [-0.3, -0.25) is 0 Å². The number of para-hydroxylation sites is 4. The lowest BCUT2D eigenvalue weighted by Gasteiger charge is -2.02. The molecule has 0 atom stereocenters. The lowest BCUT2D eigenvalue weighted by molar-refractivity contribution is 1.22. The molecule has 9 heteroatoms. The number of fused-ring (bicyclic) bond motifs is 2. The number of halogens is 3.